The van der Waals surface area contributed by atoms with Gasteiger partial charge >= 0.3 is 0 Å². The summed E-state index contributed by atoms with van der Waals surface area (Å²) in [6.07, 6.45) is 4.13. The molecule has 1 fully saturated rings. The van der Waals surface area contributed by atoms with E-state index in [1.165, 1.54) is 23.1 Å². The van der Waals surface area contributed by atoms with Crippen LogP contribution in [0.5, 0.6) is 0 Å². The lowest BCUT2D eigenvalue weighted by Crippen LogP contribution is -2.47. The summed E-state index contributed by atoms with van der Waals surface area (Å²) in [5.74, 6) is -0.503. The quantitative estimate of drug-likeness (QED) is 0.862. The summed E-state index contributed by atoms with van der Waals surface area (Å²) in [5, 5.41) is 10.4. The third kappa shape index (κ3) is 4.65. The molecule has 2 rings (SSSR count). The molecule has 4 nitrogen and oxygen atoms in total. The molecule has 0 radical (unpaired) electrons. The van der Waals surface area contributed by atoms with Crippen molar-refractivity contribution in [1.82, 2.24) is 4.90 Å². The van der Waals surface area contributed by atoms with Crippen LogP contribution in [-0.2, 0) is 9.53 Å². The van der Waals surface area contributed by atoms with Gasteiger partial charge in [0.2, 0.25) is 5.91 Å². The molecule has 1 aliphatic rings. The van der Waals surface area contributed by atoms with Crippen molar-refractivity contribution in [3.63, 3.8) is 0 Å². The lowest BCUT2D eigenvalue weighted by Gasteiger charge is -2.35. The lowest BCUT2D eigenvalue weighted by atomic mass is 9.94. The van der Waals surface area contributed by atoms with Crippen LogP contribution in [0.4, 0.5) is 4.39 Å². The number of carbonyl (C=O) groups is 1. The van der Waals surface area contributed by atoms with E-state index >= 15 is 0 Å². The van der Waals surface area contributed by atoms with E-state index in [1.807, 2.05) is 0 Å². The predicted octanol–water partition coefficient (Wildman–Crippen LogP) is 1.84. The zero-order valence-corrected chi connectivity index (χ0v) is 12.1. The van der Waals surface area contributed by atoms with Gasteiger partial charge in [0.25, 0.3) is 0 Å². The summed E-state index contributed by atoms with van der Waals surface area (Å²) >= 11 is 0. The summed E-state index contributed by atoms with van der Waals surface area (Å²) in [6, 6.07) is 5.90. The Morgan fingerprint density at radius 1 is 1.38 bits per heavy atom. The van der Waals surface area contributed by atoms with E-state index < -0.39 is 5.60 Å². The Morgan fingerprint density at radius 3 is 2.62 bits per heavy atom. The number of rotatable bonds is 4. The van der Waals surface area contributed by atoms with Gasteiger partial charge in [-0.25, -0.2) is 4.39 Å². The number of hydrogen-bond donors (Lipinski definition) is 1. The Bertz CT molecular complexity index is 507. The van der Waals surface area contributed by atoms with Crippen molar-refractivity contribution >= 4 is 12.0 Å². The van der Waals surface area contributed by atoms with Gasteiger partial charge in [-0.2, -0.15) is 0 Å². The molecule has 1 saturated heterocycles. The minimum atomic E-state index is -0.869. The normalized spacial score (nSPS) is 17.9. The van der Waals surface area contributed by atoms with Crippen molar-refractivity contribution in [3.8, 4) is 0 Å². The van der Waals surface area contributed by atoms with Crippen LogP contribution < -0.4 is 0 Å². The number of benzene rings is 1. The number of nitrogens with zero attached hydrogens (tertiary/aromatic N) is 1. The van der Waals surface area contributed by atoms with E-state index in [2.05, 4.69) is 0 Å². The predicted molar refractivity (Wildman–Crippen MR) is 78.1 cm³/mol. The van der Waals surface area contributed by atoms with Gasteiger partial charge in [-0.15, -0.1) is 0 Å². The molecule has 0 saturated carbocycles. The molecule has 0 unspecified atom stereocenters. The minimum Gasteiger partial charge on any atom is -0.388 e. The maximum Gasteiger partial charge on any atom is 0.246 e. The third-order valence-corrected chi connectivity index (χ3v) is 3.62. The molecule has 5 heteroatoms. The zero-order valence-electron chi connectivity index (χ0n) is 12.1. The Hall–Kier alpha value is -1.72. The summed E-state index contributed by atoms with van der Waals surface area (Å²) in [5.41, 5.74) is -0.116. The number of ether oxygens (including phenoxy) is 1. The van der Waals surface area contributed by atoms with Crippen molar-refractivity contribution in [1.29, 1.82) is 0 Å². The molecule has 1 amide bonds. The average molecular weight is 293 g/mol. The number of likely N-dealkylation sites (N-methyl/N-ethyl adjacent to an activating group) is 1. The second-order valence-corrected chi connectivity index (χ2v) is 5.42. The highest BCUT2D eigenvalue weighted by atomic mass is 19.1. The minimum absolute atomic E-state index is 0.195. The van der Waals surface area contributed by atoms with E-state index in [4.69, 9.17) is 4.74 Å². The number of halogens is 1. The van der Waals surface area contributed by atoms with Crippen LogP contribution >= 0.6 is 0 Å². The number of carbonyl (C=O) groups excluding carboxylic acids is 1. The molecule has 0 spiro atoms. The van der Waals surface area contributed by atoms with Crippen molar-refractivity contribution in [3.05, 3.63) is 41.7 Å². The highest BCUT2D eigenvalue weighted by Gasteiger charge is 2.31. The van der Waals surface area contributed by atoms with Crippen LogP contribution in [0, 0.1) is 5.82 Å². The third-order valence-electron chi connectivity index (χ3n) is 3.62. The van der Waals surface area contributed by atoms with E-state index in [0.717, 1.165) is 5.56 Å². The Morgan fingerprint density at radius 2 is 2.00 bits per heavy atom. The molecule has 1 aromatic rings. The molecule has 1 aromatic carbocycles. The van der Waals surface area contributed by atoms with Gasteiger partial charge in [-0.1, -0.05) is 12.1 Å². The maximum atomic E-state index is 12.8. The van der Waals surface area contributed by atoms with E-state index in [9.17, 15) is 14.3 Å². The summed E-state index contributed by atoms with van der Waals surface area (Å²) < 4.78 is 18.0. The van der Waals surface area contributed by atoms with Gasteiger partial charge in [0.1, 0.15) is 5.82 Å². The average Bonchev–Trinajstić information content (AvgIpc) is 2.46. The van der Waals surface area contributed by atoms with Crippen molar-refractivity contribution < 1.29 is 19.0 Å². The van der Waals surface area contributed by atoms with Gasteiger partial charge < -0.3 is 14.7 Å². The number of aliphatic hydroxyl groups is 1. The fourth-order valence-corrected chi connectivity index (χ4v) is 2.30. The van der Waals surface area contributed by atoms with Crippen LogP contribution in [0.3, 0.4) is 0 Å². The van der Waals surface area contributed by atoms with Crippen LogP contribution in [0.2, 0.25) is 0 Å². The summed E-state index contributed by atoms with van der Waals surface area (Å²) in [4.78, 5) is 13.5. The molecule has 0 bridgehead atoms. The standard InChI is InChI=1S/C16H20FNO3/c1-18(12-16(20)8-10-21-11-9-16)15(19)7-4-13-2-5-14(17)6-3-13/h2-7,20H,8-12H2,1H3/b7-4+. The second kappa shape index (κ2) is 6.83. The fraction of sp³-hybridized carbons (Fsp3) is 0.438. The van der Waals surface area contributed by atoms with Crippen LogP contribution in [-0.4, -0.2) is 48.3 Å². The van der Waals surface area contributed by atoms with E-state index in [-0.39, 0.29) is 18.3 Å². The van der Waals surface area contributed by atoms with Crippen molar-refractivity contribution in [2.45, 2.75) is 18.4 Å². The lowest BCUT2D eigenvalue weighted by molar-refractivity contribution is -0.131. The molecule has 0 aliphatic carbocycles. The molecule has 1 aliphatic heterocycles. The van der Waals surface area contributed by atoms with Gasteiger partial charge in [0, 0.05) is 45.7 Å². The zero-order chi connectivity index (χ0) is 15.3. The summed E-state index contributed by atoms with van der Waals surface area (Å²) in [7, 11) is 1.66. The Kier molecular flexibility index (Phi) is 5.09. The highest BCUT2D eigenvalue weighted by molar-refractivity contribution is 5.91. The van der Waals surface area contributed by atoms with Crippen LogP contribution in [0.25, 0.3) is 6.08 Å². The van der Waals surface area contributed by atoms with Gasteiger partial charge in [0.15, 0.2) is 0 Å². The van der Waals surface area contributed by atoms with E-state index in [1.54, 1.807) is 25.3 Å². The van der Waals surface area contributed by atoms with Gasteiger partial charge in [0.05, 0.1) is 5.60 Å². The highest BCUT2D eigenvalue weighted by Crippen LogP contribution is 2.21. The van der Waals surface area contributed by atoms with Gasteiger partial charge in [-0.3, -0.25) is 4.79 Å². The van der Waals surface area contributed by atoms with Crippen LogP contribution in [0.1, 0.15) is 18.4 Å². The Balaban J connectivity index is 1.91. The SMILES string of the molecule is CN(CC1(O)CCOCC1)C(=O)/C=C/c1ccc(F)cc1. The molecule has 0 aromatic heterocycles. The molecule has 21 heavy (non-hydrogen) atoms. The van der Waals surface area contributed by atoms with E-state index in [0.29, 0.717) is 26.1 Å². The molecule has 1 heterocycles. The number of amides is 1. The van der Waals surface area contributed by atoms with Gasteiger partial charge in [-0.05, 0) is 23.8 Å². The monoisotopic (exact) mass is 293 g/mol. The topological polar surface area (TPSA) is 49.8 Å². The first-order valence-corrected chi connectivity index (χ1v) is 6.97. The summed E-state index contributed by atoms with van der Waals surface area (Å²) in [6.45, 7) is 1.32. The Labute approximate surface area is 123 Å². The van der Waals surface area contributed by atoms with Crippen molar-refractivity contribution in [2.24, 2.45) is 0 Å². The molecular formula is C16H20FNO3. The number of hydrogen-bond acceptors (Lipinski definition) is 3. The molecular weight excluding hydrogens is 273 g/mol. The maximum absolute atomic E-state index is 12.8. The molecule has 0 atom stereocenters. The first-order valence-electron chi connectivity index (χ1n) is 6.97. The second-order valence-electron chi connectivity index (χ2n) is 5.42. The van der Waals surface area contributed by atoms with Crippen molar-refractivity contribution in [2.75, 3.05) is 26.8 Å². The molecule has 1 N–H and O–H groups in total. The first kappa shape index (κ1) is 15.7. The largest absolute Gasteiger partial charge is 0.388 e. The fourth-order valence-electron chi connectivity index (χ4n) is 2.30. The smallest absolute Gasteiger partial charge is 0.246 e. The first-order chi connectivity index (χ1) is 9.98. The molecule has 114 valence electrons. The van der Waals surface area contributed by atoms with Crippen LogP contribution in [0.15, 0.2) is 30.3 Å².